The molecule has 1 N–H and O–H groups in total. The Morgan fingerprint density at radius 1 is 1.09 bits per heavy atom. The van der Waals surface area contributed by atoms with Crippen molar-refractivity contribution in [2.24, 2.45) is 0 Å². The maximum Gasteiger partial charge on any atom is 0.0547 e. The first-order chi connectivity index (χ1) is 10.8. The molecule has 2 nitrogen and oxygen atoms in total. The normalized spacial score (nSPS) is 15.1. The molecule has 0 radical (unpaired) electrons. The topological polar surface area (TPSA) is 24.9 Å². The molecule has 1 aromatic heterocycles. The lowest BCUT2D eigenvalue weighted by atomic mass is 10.1. The lowest BCUT2D eigenvalue weighted by Gasteiger charge is -2.10. The van der Waals surface area contributed by atoms with Crippen LogP contribution in [0.25, 0.3) is 6.08 Å². The van der Waals surface area contributed by atoms with Gasteiger partial charge < -0.3 is 5.32 Å². The predicted molar refractivity (Wildman–Crippen MR) is 90.7 cm³/mol. The Hall–Kier alpha value is -1.93. The third-order valence-electron chi connectivity index (χ3n) is 4.83. The Bertz CT molecular complexity index is 744. The van der Waals surface area contributed by atoms with Crippen molar-refractivity contribution in [3.05, 3.63) is 69.5 Å². The van der Waals surface area contributed by atoms with E-state index < -0.39 is 0 Å². The van der Waals surface area contributed by atoms with E-state index in [-0.39, 0.29) is 0 Å². The van der Waals surface area contributed by atoms with Crippen LogP contribution in [0.5, 0.6) is 0 Å². The van der Waals surface area contributed by atoms with Gasteiger partial charge in [-0.05, 0) is 66.5 Å². The minimum Gasteiger partial charge on any atom is -0.307 e. The zero-order chi connectivity index (χ0) is 14.9. The van der Waals surface area contributed by atoms with Crippen LogP contribution in [-0.4, -0.2) is 4.98 Å². The summed E-state index contributed by atoms with van der Waals surface area (Å²) in [6, 6.07) is 9.09. The number of hydrogen-bond donors (Lipinski definition) is 1. The first-order valence-electron chi connectivity index (χ1n) is 8.27. The second kappa shape index (κ2) is 5.69. The lowest BCUT2D eigenvalue weighted by Crippen LogP contribution is -2.14. The van der Waals surface area contributed by atoms with Crippen molar-refractivity contribution in [3.63, 3.8) is 0 Å². The van der Waals surface area contributed by atoms with Crippen LogP contribution in [0.3, 0.4) is 0 Å². The third-order valence-corrected chi connectivity index (χ3v) is 4.83. The van der Waals surface area contributed by atoms with Crippen molar-refractivity contribution in [1.29, 1.82) is 0 Å². The van der Waals surface area contributed by atoms with E-state index in [2.05, 4.69) is 48.7 Å². The summed E-state index contributed by atoms with van der Waals surface area (Å²) < 4.78 is 0. The van der Waals surface area contributed by atoms with E-state index in [4.69, 9.17) is 4.98 Å². The number of rotatable bonds is 4. The minimum absolute atomic E-state index is 0.848. The summed E-state index contributed by atoms with van der Waals surface area (Å²) in [5.41, 5.74) is 9.60. The fourth-order valence-corrected chi connectivity index (χ4v) is 3.69. The molecule has 2 heteroatoms. The second-order valence-corrected chi connectivity index (χ2v) is 6.43. The predicted octanol–water partition coefficient (Wildman–Crippen LogP) is 3.74. The highest BCUT2D eigenvalue weighted by molar-refractivity contribution is 5.60. The van der Waals surface area contributed by atoms with Crippen LogP contribution in [0.1, 0.15) is 45.6 Å². The monoisotopic (exact) mass is 290 g/mol. The standard InChI is InChI=1S/C20H22N2/c1-14-20-7-3-6-18(20)11-19(22-14)13-21-12-15-8-9-16-4-2-5-17(16)10-15/h2,5,8-11,21H,3-4,6-7,12-13H2,1H3. The maximum atomic E-state index is 4.76. The SMILES string of the molecule is Cc1nc(CNCc2ccc3c(c2)C=CC3)cc2c1CCC2. The molecule has 0 atom stereocenters. The molecule has 1 heterocycles. The highest BCUT2D eigenvalue weighted by atomic mass is 14.9. The van der Waals surface area contributed by atoms with Gasteiger partial charge in [-0.3, -0.25) is 4.98 Å². The molecule has 0 bridgehead atoms. The van der Waals surface area contributed by atoms with Crippen LogP contribution in [-0.2, 0) is 32.4 Å². The summed E-state index contributed by atoms with van der Waals surface area (Å²) >= 11 is 0. The Balaban J connectivity index is 1.41. The van der Waals surface area contributed by atoms with Crippen molar-refractivity contribution in [2.45, 2.75) is 45.7 Å². The average Bonchev–Trinajstić information content (AvgIpc) is 3.15. The van der Waals surface area contributed by atoms with Crippen LogP contribution >= 0.6 is 0 Å². The molecule has 0 amide bonds. The Morgan fingerprint density at radius 3 is 3.00 bits per heavy atom. The van der Waals surface area contributed by atoms with Gasteiger partial charge >= 0.3 is 0 Å². The molecule has 0 spiro atoms. The number of nitrogens with one attached hydrogen (secondary N) is 1. The van der Waals surface area contributed by atoms with E-state index >= 15 is 0 Å². The van der Waals surface area contributed by atoms with Gasteiger partial charge in [0.1, 0.15) is 0 Å². The zero-order valence-corrected chi connectivity index (χ0v) is 13.2. The summed E-state index contributed by atoms with van der Waals surface area (Å²) in [7, 11) is 0. The van der Waals surface area contributed by atoms with Crippen LogP contribution in [0, 0.1) is 6.92 Å². The second-order valence-electron chi connectivity index (χ2n) is 6.43. The van der Waals surface area contributed by atoms with Crippen molar-refractivity contribution in [3.8, 4) is 0 Å². The van der Waals surface area contributed by atoms with Gasteiger partial charge in [-0.1, -0.05) is 30.4 Å². The molecule has 2 aromatic rings. The molecule has 2 aliphatic carbocycles. The van der Waals surface area contributed by atoms with Crippen LogP contribution in [0.15, 0.2) is 30.3 Å². The zero-order valence-electron chi connectivity index (χ0n) is 13.2. The van der Waals surface area contributed by atoms with E-state index in [1.165, 1.54) is 58.5 Å². The van der Waals surface area contributed by atoms with E-state index in [0.717, 1.165) is 19.5 Å². The molecule has 1 aromatic carbocycles. The van der Waals surface area contributed by atoms with E-state index in [1.54, 1.807) is 0 Å². The number of aromatic nitrogens is 1. The molecule has 0 unspecified atom stereocenters. The largest absolute Gasteiger partial charge is 0.307 e. The Labute approximate surface area is 132 Å². The number of aryl methyl sites for hydroxylation is 2. The number of hydrogen-bond acceptors (Lipinski definition) is 2. The van der Waals surface area contributed by atoms with E-state index in [1.807, 2.05) is 0 Å². The minimum atomic E-state index is 0.848. The van der Waals surface area contributed by atoms with Crippen molar-refractivity contribution in [2.75, 3.05) is 0 Å². The quantitative estimate of drug-likeness (QED) is 0.928. The molecule has 22 heavy (non-hydrogen) atoms. The number of nitrogens with zero attached hydrogens (tertiary/aromatic N) is 1. The van der Waals surface area contributed by atoms with Crippen LogP contribution in [0.4, 0.5) is 0 Å². The summed E-state index contributed by atoms with van der Waals surface area (Å²) in [6.45, 7) is 3.90. The fourth-order valence-electron chi connectivity index (χ4n) is 3.69. The highest BCUT2D eigenvalue weighted by Gasteiger charge is 2.15. The van der Waals surface area contributed by atoms with Crippen LogP contribution in [0.2, 0.25) is 0 Å². The molecular weight excluding hydrogens is 268 g/mol. The van der Waals surface area contributed by atoms with Crippen molar-refractivity contribution >= 4 is 6.08 Å². The van der Waals surface area contributed by atoms with Gasteiger partial charge in [-0.25, -0.2) is 0 Å². The fraction of sp³-hybridized carbons (Fsp3) is 0.350. The summed E-state index contributed by atoms with van der Waals surface area (Å²) in [4.78, 5) is 4.76. The van der Waals surface area contributed by atoms with Gasteiger partial charge in [-0.2, -0.15) is 0 Å². The molecule has 4 rings (SSSR count). The van der Waals surface area contributed by atoms with Crippen molar-refractivity contribution < 1.29 is 0 Å². The van der Waals surface area contributed by atoms with Gasteiger partial charge in [0.15, 0.2) is 0 Å². The van der Waals surface area contributed by atoms with Gasteiger partial charge in [0.2, 0.25) is 0 Å². The third kappa shape index (κ3) is 2.59. The van der Waals surface area contributed by atoms with E-state index in [9.17, 15) is 0 Å². The highest BCUT2D eigenvalue weighted by Crippen LogP contribution is 2.25. The first kappa shape index (κ1) is 13.7. The number of benzene rings is 1. The van der Waals surface area contributed by atoms with Crippen molar-refractivity contribution in [1.82, 2.24) is 10.3 Å². The lowest BCUT2D eigenvalue weighted by molar-refractivity contribution is 0.676. The van der Waals surface area contributed by atoms with Gasteiger partial charge in [0.05, 0.1) is 5.69 Å². The van der Waals surface area contributed by atoms with Gasteiger partial charge in [0, 0.05) is 18.8 Å². The molecule has 0 saturated carbocycles. The molecule has 0 aliphatic heterocycles. The number of allylic oxidation sites excluding steroid dienone is 1. The molecule has 0 fully saturated rings. The molecule has 112 valence electrons. The van der Waals surface area contributed by atoms with Gasteiger partial charge in [-0.15, -0.1) is 0 Å². The average molecular weight is 290 g/mol. The summed E-state index contributed by atoms with van der Waals surface area (Å²) in [6.07, 6.45) is 9.27. The molecular formula is C20H22N2. The summed E-state index contributed by atoms with van der Waals surface area (Å²) in [5, 5.41) is 3.54. The van der Waals surface area contributed by atoms with Gasteiger partial charge in [0.25, 0.3) is 0 Å². The smallest absolute Gasteiger partial charge is 0.0547 e. The van der Waals surface area contributed by atoms with Crippen LogP contribution < -0.4 is 5.32 Å². The Morgan fingerprint density at radius 2 is 2.05 bits per heavy atom. The number of pyridine rings is 1. The first-order valence-corrected chi connectivity index (χ1v) is 8.27. The molecule has 0 saturated heterocycles. The maximum absolute atomic E-state index is 4.76. The molecule has 2 aliphatic rings. The summed E-state index contributed by atoms with van der Waals surface area (Å²) in [5.74, 6) is 0. The number of fused-ring (bicyclic) bond motifs is 2. The van der Waals surface area contributed by atoms with E-state index in [0.29, 0.717) is 0 Å². The Kier molecular flexibility index (Phi) is 3.55.